The third-order valence-corrected chi connectivity index (χ3v) is 9.16. The average Bonchev–Trinajstić information content (AvgIpc) is 3.31. The molecule has 154 valence electrons. The van der Waals surface area contributed by atoms with Crippen molar-refractivity contribution in [3.05, 3.63) is 59.3 Å². The molecular formula is C21H18N2O4S3. The molecule has 9 heteroatoms. The summed E-state index contributed by atoms with van der Waals surface area (Å²) in [4.78, 5) is 5.13. The fraction of sp³-hybridized carbons (Fsp3) is 0.190. The first-order valence-electron chi connectivity index (χ1n) is 9.32. The van der Waals surface area contributed by atoms with Gasteiger partial charge in [-0.2, -0.15) is 0 Å². The second-order valence-electron chi connectivity index (χ2n) is 7.08. The van der Waals surface area contributed by atoms with Crippen molar-refractivity contribution in [3.8, 4) is 11.3 Å². The van der Waals surface area contributed by atoms with Gasteiger partial charge in [-0.15, -0.1) is 11.3 Å². The number of hydrogen-bond donors (Lipinski definition) is 0. The van der Waals surface area contributed by atoms with Gasteiger partial charge in [0.1, 0.15) is 11.5 Å². The molecule has 0 fully saturated rings. The minimum absolute atomic E-state index is 0.155. The molecule has 0 bridgehead atoms. The van der Waals surface area contributed by atoms with E-state index in [1.807, 2.05) is 32.0 Å². The first-order chi connectivity index (χ1) is 14.3. The molecule has 6 nitrogen and oxygen atoms in total. The van der Waals surface area contributed by atoms with Gasteiger partial charge in [-0.05, 0) is 62.4 Å². The Morgan fingerprint density at radius 3 is 2.70 bits per heavy atom. The molecule has 0 radical (unpaired) electrons. The topological polar surface area (TPSA) is 80.5 Å². The van der Waals surface area contributed by atoms with Crippen LogP contribution in [0.2, 0.25) is 0 Å². The lowest BCUT2D eigenvalue weighted by atomic mass is 10.1. The summed E-state index contributed by atoms with van der Waals surface area (Å²) in [6.07, 6.45) is 0. The Labute approximate surface area is 180 Å². The third-order valence-electron chi connectivity index (χ3n) is 5.03. The molecule has 30 heavy (non-hydrogen) atoms. The smallest absolute Gasteiger partial charge is 0.264 e. The van der Waals surface area contributed by atoms with Gasteiger partial charge in [0.05, 0.1) is 41.5 Å². The summed E-state index contributed by atoms with van der Waals surface area (Å²) < 4.78 is 47.6. The van der Waals surface area contributed by atoms with Crippen LogP contribution in [-0.4, -0.2) is 29.9 Å². The highest BCUT2D eigenvalue weighted by atomic mass is 32.2. The predicted molar refractivity (Wildman–Crippen MR) is 119 cm³/mol. The van der Waals surface area contributed by atoms with Crippen LogP contribution >= 0.6 is 11.3 Å². The lowest BCUT2D eigenvalue weighted by Crippen LogP contribution is -2.38. The Bertz CT molecular complexity index is 1420. The second-order valence-corrected chi connectivity index (χ2v) is 11.7. The molecule has 0 saturated heterocycles. The summed E-state index contributed by atoms with van der Waals surface area (Å²) in [6, 6.07) is 14.0. The molecule has 0 aliphatic carbocycles. The van der Waals surface area contributed by atoms with Crippen molar-refractivity contribution >= 4 is 48.1 Å². The van der Waals surface area contributed by atoms with Crippen LogP contribution in [0.5, 0.6) is 0 Å². The van der Waals surface area contributed by atoms with Gasteiger partial charge in [-0.3, -0.25) is 8.51 Å². The Hall–Kier alpha value is -2.49. The van der Waals surface area contributed by atoms with Crippen molar-refractivity contribution in [2.75, 3.05) is 16.6 Å². The van der Waals surface area contributed by atoms with Crippen LogP contribution in [0.4, 0.5) is 5.69 Å². The van der Waals surface area contributed by atoms with Crippen LogP contribution < -0.4 is 4.31 Å². The van der Waals surface area contributed by atoms with Crippen molar-refractivity contribution in [3.63, 3.8) is 0 Å². The molecule has 5 rings (SSSR count). The molecule has 1 atom stereocenters. The largest absolute Gasteiger partial charge is 0.461 e. The number of rotatable bonds is 3. The highest BCUT2D eigenvalue weighted by Gasteiger charge is 2.32. The van der Waals surface area contributed by atoms with E-state index in [1.165, 1.54) is 15.6 Å². The molecule has 1 aliphatic heterocycles. The van der Waals surface area contributed by atoms with E-state index in [1.54, 1.807) is 30.3 Å². The molecule has 0 spiro atoms. The zero-order chi connectivity index (χ0) is 21.0. The van der Waals surface area contributed by atoms with Crippen molar-refractivity contribution in [2.24, 2.45) is 0 Å². The van der Waals surface area contributed by atoms with Crippen molar-refractivity contribution < 1.29 is 17.0 Å². The van der Waals surface area contributed by atoms with Gasteiger partial charge in [-0.1, -0.05) is 0 Å². The summed E-state index contributed by atoms with van der Waals surface area (Å²) in [7, 11) is -5.08. The monoisotopic (exact) mass is 458 g/mol. The molecule has 2 aromatic heterocycles. The van der Waals surface area contributed by atoms with E-state index in [4.69, 9.17) is 4.42 Å². The normalized spacial score (nSPS) is 16.7. The predicted octanol–water partition coefficient (Wildman–Crippen LogP) is 4.49. The van der Waals surface area contributed by atoms with E-state index in [2.05, 4.69) is 4.98 Å². The van der Waals surface area contributed by atoms with Gasteiger partial charge in [-0.25, -0.2) is 13.4 Å². The fourth-order valence-electron chi connectivity index (χ4n) is 3.60. The van der Waals surface area contributed by atoms with Gasteiger partial charge in [0.2, 0.25) is 0 Å². The van der Waals surface area contributed by atoms with Crippen LogP contribution in [0.3, 0.4) is 0 Å². The van der Waals surface area contributed by atoms with Crippen LogP contribution in [0.1, 0.15) is 10.8 Å². The van der Waals surface area contributed by atoms with Gasteiger partial charge >= 0.3 is 0 Å². The quantitative estimate of drug-likeness (QED) is 0.452. The van der Waals surface area contributed by atoms with Gasteiger partial charge in [0, 0.05) is 17.9 Å². The van der Waals surface area contributed by atoms with E-state index >= 15 is 0 Å². The first-order valence-corrected chi connectivity index (χ1v) is 12.9. The highest BCUT2D eigenvalue weighted by Crippen LogP contribution is 2.37. The zero-order valence-electron chi connectivity index (χ0n) is 16.3. The molecule has 0 amide bonds. The maximum absolute atomic E-state index is 13.5. The van der Waals surface area contributed by atoms with E-state index in [9.17, 15) is 12.6 Å². The lowest BCUT2D eigenvalue weighted by Gasteiger charge is -2.30. The number of anilines is 1. The number of nitrogens with zero attached hydrogens (tertiary/aromatic N) is 2. The molecule has 1 unspecified atom stereocenters. The molecule has 0 saturated carbocycles. The van der Waals surface area contributed by atoms with E-state index in [-0.39, 0.29) is 17.2 Å². The van der Waals surface area contributed by atoms with Gasteiger partial charge < -0.3 is 4.42 Å². The number of furan rings is 1. The summed E-state index contributed by atoms with van der Waals surface area (Å²) in [5.41, 5.74) is 1.97. The minimum atomic E-state index is -3.83. The lowest BCUT2D eigenvalue weighted by molar-refractivity contribution is 0.548. The highest BCUT2D eigenvalue weighted by molar-refractivity contribution is 7.93. The number of fused-ring (bicyclic) bond motifs is 2. The molecule has 3 heterocycles. The fourth-order valence-corrected chi connectivity index (χ4v) is 7.41. The Morgan fingerprint density at radius 2 is 1.93 bits per heavy atom. The Morgan fingerprint density at radius 1 is 1.10 bits per heavy atom. The number of benzene rings is 2. The SMILES string of the molecule is Cc1ccc(-c2ccc3c(c2)N(S(=O)(=O)c2ccc4nc(C)sc4c2)CCS3=O)o1. The number of aryl methyl sites for hydroxylation is 2. The van der Waals surface area contributed by atoms with Crippen LogP contribution in [-0.2, 0) is 20.8 Å². The van der Waals surface area contributed by atoms with E-state index in [0.717, 1.165) is 26.5 Å². The Kier molecular flexibility index (Phi) is 4.57. The number of hydrogen-bond acceptors (Lipinski definition) is 6. The maximum Gasteiger partial charge on any atom is 0.264 e. The minimum Gasteiger partial charge on any atom is -0.461 e. The third kappa shape index (κ3) is 3.17. The van der Waals surface area contributed by atoms with Crippen molar-refractivity contribution in [1.82, 2.24) is 4.98 Å². The van der Waals surface area contributed by atoms with Crippen molar-refractivity contribution in [2.45, 2.75) is 23.6 Å². The standard InChI is InChI=1S/C21H18N2O4S3/c1-13-3-7-19(27-13)15-4-8-21-18(11-15)23(9-10-29(21)24)30(25,26)16-5-6-17-20(12-16)28-14(2)22-17/h3-8,11-12H,9-10H2,1-2H3. The number of sulfonamides is 1. The molecular weight excluding hydrogens is 440 g/mol. The Balaban J connectivity index is 1.64. The van der Waals surface area contributed by atoms with Crippen LogP contribution in [0.15, 0.2) is 62.7 Å². The van der Waals surface area contributed by atoms with Crippen molar-refractivity contribution in [1.29, 1.82) is 0 Å². The first kappa shape index (κ1) is 19.5. The number of aromatic nitrogens is 1. The molecule has 4 aromatic rings. The van der Waals surface area contributed by atoms with Crippen LogP contribution in [0.25, 0.3) is 21.5 Å². The van der Waals surface area contributed by atoms with Gasteiger partial charge in [0.25, 0.3) is 10.0 Å². The summed E-state index contributed by atoms with van der Waals surface area (Å²) in [5.74, 6) is 1.67. The molecule has 2 aromatic carbocycles. The average molecular weight is 459 g/mol. The van der Waals surface area contributed by atoms with E-state index in [0.29, 0.717) is 16.3 Å². The maximum atomic E-state index is 13.5. The van der Waals surface area contributed by atoms with Crippen LogP contribution in [0, 0.1) is 13.8 Å². The summed E-state index contributed by atoms with van der Waals surface area (Å²) in [6.45, 7) is 3.90. The zero-order valence-corrected chi connectivity index (χ0v) is 18.7. The second kappa shape index (κ2) is 7.04. The summed E-state index contributed by atoms with van der Waals surface area (Å²) in [5, 5.41) is 0.886. The summed E-state index contributed by atoms with van der Waals surface area (Å²) >= 11 is 1.46. The molecule has 0 N–H and O–H groups in total. The van der Waals surface area contributed by atoms with E-state index < -0.39 is 20.8 Å². The van der Waals surface area contributed by atoms with Gasteiger partial charge in [0.15, 0.2) is 0 Å². The number of thiazole rings is 1. The molecule has 1 aliphatic rings.